The number of benzene rings is 2. The van der Waals surface area contributed by atoms with E-state index in [1.165, 1.54) is 6.07 Å². The maximum absolute atomic E-state index is 14.0. The van der Waals surface area contributed by atoms with E-state index in [-0.39, 0.29) is 17.7 Å². The Balaban J connectivity index is 1.44. The van der Waals surface area contributed by atoms with Crippen molar-refractivity contribution in [2.75, 3.05) is 0 Å². The number of carboxylic acid groups (broad SMARTS) is 1. The SMILES string of the molecule is Cc1cc(-c2ncccc2-c2cc(CC(N)Cc3c[nH]c4ccccc34)n3c(C(=O)O)ncc3c2)ccc1F. The molecule has 8 heteroatoms. The number of aromatic amines is 1. The summed E-state index contributed by atoms with van der Waals surface area (Å²) in [5, 5.41) is 10.9. The monoisotopic (exact) mass is 519 g/mol. The minimum atomic E-state index is -1.11. The molecular weight excluding hydrogens is 493 g/mol. The summed E-state index contributed by atoms with van der Waals surface area (Å²) in [5.74, 6) is -1.45. The molecule has 0 aliphatic carbocycles. The Kier molecular flexibility index (Phi) is 6.17. The van der Waals surface area contributed by atoms with Crippen LogP contribution < -0.4 is 5.73 Å². The molecule has 0 aliphatic heterocycles. The standard InChI is InChI=1S/C31H26FN5O2/c1-18-11-19(8-9-27(18)32)29-26(6-4-10-34-29)20-13-23(37-24(14-20)17-36-30(37)31(38)39)15-22(33)12-21-16-35-28-7-3-2-5-25(21)28/h2-11,13-14,16-17,22,35H,12,15,33H2,1H3,(H,38,39). The van der Waals surface area contributed by atoms with Crippen LogP contribution in [0.5, 0.6) is 0 Å². The van der Waals surface area contributed by atoms with Crippen LogP contribution in [0, 0.1) is 12.7 Å². The zero-order chi connectivity index (χ0) is 27.1. The van der Waals surface area contributed by atoms with Gasteiger partial charge in [-0.2, -0.15) is 0 Å². The molecule has 4 aromatic heterocycles. The second-order valence-corrected chi connectivity index (χ2v) is 9.77. The summed E-state index contributed by atoms with van der Waals surface area (Å²) in [5.41, 5.74) is 13.9. The van der Waals surface area contributed by atoms with Crippen LogP contribution in [0.4, 0.5) is 4.39 Å². The molecular formula is C31H26FN5O2. The highest BCUT2D eigenvalue weighted by molar-refractivity contribution is 5.87. The quantitative estimate of drug-likeness (QED) is 0.247. The molecule has 0 bridgehead atoms. The number of rotatable bonds is 7. The topological polar surface area (TPSA) is 109 Å². The summed E-state index contributed by atoms with van der Waals surface area (Å²) in [4.78, 5) is 24.1. The number of aromatic nitrogens is 4. The Morgan fingerprint density at radius 2 is 1.90 bits per heavy atom. The number of H-pyrrole nitrogens is 1. The van der Waals surface area contributed by atoms with E-state index >= 15 is 0 Å². The highest BCUT2D eigenvalue weighted by atomic mass is 19.1. The minimum Gasteiger partial charge on any atom is -0.475 e. The van der Waals surface area contributed by atoms with Crippen LogP contribution in [0.1, 0.15) is 27.4 Å². The second-order valence-electron chi connectivity index (χ2n) is 9.77. The molecule has 0 spiro atoms. The van der Waals surface area contributed by atoms with Gasteiger partial charge in [-0.15, -0.1) is 0 Å². The van der Waals surface area contributed by atoms with E-state index in [2.05, 4.69) is 21.0 Å². The van der Waals surface area contributed by atoms with Crippen molar-refractivity contribution in [3.05, 3.63) is 114 Å². The number of imidazole rings is 1. The number of aryl methyl sites for hydroxylation is 1. The molecule has 0 saturated heterocycles. The molecule has 194 valence electrons. The maximum atomic E-state index is 14.0. The number of hydrogen-bond donors (Lipinski definition) is 3. The van der Waals surface area contributed by atoms with Gasteiger partial charge in [-0.3, -0.25) is 9.38 Å². The summed E-state index contributed by atoms with van der Waals surface area (Å²) in [6.07, 6.45) is 6.27. The van der Waals surface area contributed by atoms with Gasteiger partial charge in [0.1, 0.15) is 5.82 Å². The van der Waals surface area contributed by atoms with E-state index in [9.17, 15) is 14.3 Å². The van der Waals surface area contributed by atoms with Crippen molar-refractivity contribution in [2.45, 2.75) is 25.8 Å². The highest BCUT2D eigenvalue weighted by Crippen LogP contribution is 2.33. The van der Waals surface area contributed by atoms with Gasteiger partial charge in [0.25, 0.3) is 0 Å². The van der Waals surface area contributed by atoms with E-state index in [4.69, 9.17) is 5.73 Å². The Labute approximate surface area is 223 Å². The third-order valence-corrected chi connectivity index (χ3v) is 7.07. The fraction of sp³-hybridized carbons (Fsp3) is 0.129. The average Bonchev–Trinajstić information content (AvgIpc) is 3.55. The lowest BCUT2D eigenvalue weighted by Gasteiger charge is -2.17. The van der Waals surface area contributed by atoms with Crippen molar-refractivity contribution in [3.63, 3.8) is 0 Å². The van der Waals surface area contributed by atoms with Crippen LogP contribution in [0.3, 0.4) is 0 Å². The average molecular weight is 520 g/mol. The number of nitrogens with zero attached hydrogens (tertiary/aromatic N) is 3. The van der Waals surface area contributed by atoms with Crippen LogP contribution in [-0.2, 0) is 12.8 Å². The van der Waals surface area contributed by atoms with Crippen molar-refractivity contribution in [3.8, 4) is 22.4 Å². The number of carboxylic acids is 1. The largest absolute Gasteiger partial charge is 0.475 e. The molecule has 1 atom stereocenters. The highest BCUT2D eigenvalue weighted by Gasteiger charge is 2.20. The number of aromatic carboxylic acids is 1. The lowest BCUT2D eigenvalue weighted by atomic mass is 9.96. The number of pyridine rings is 2. The third kappa shape index (κ3) is 4.55. The molecule has 2 aromatic carbocycles. The van der Waals surface area contributed by atoms with Crippen LogP contribution >= 0.6 is 0 Å². The normalized spacial score (nSPS) is 12.3. The predicted molar refractivity (Wildman–Crippen MR) is 149 cm³/mol. The first kappa shape index (κ1) is 24.5. The zero-order valence-electron chi connectivity index (χ0n) is 21.2. The van der Waals surface area contributed by atoms with Gasteiger partial charge >= 0.3 is 5.97 Å². The molecule has 0 amide bonds. The number of carbonyl (C=O) groups is 1. The van der Waals surface area contributed by atoms with Gasteiger partial charge in [-0.05, 0) is 72.5 Å². The Morgan fingerprint density at radius 3 is 2.72 bits per heavy atom. The van der Waals surface area contributed by atoms with Gasteiger partial charge in [-0.1, -0.05) is 24.3 Å². The summed E-state index contributed by atoms with van der Waals surface area (Å²) >= 11 is 0. The molecule has 39 heavy (non-hydrogen) atoms. The number of halogens is 1. The molecule has 4 N–H and O–H groups in total. The van der Waals surface area contributed by atoms with Crippen molar-refractivity contribution in [2.24, 2.45) is 5.73 Å². The lowest BCUT2D eigenvalue weighted by molar-refractivity contribution is 0.0682. The maximum Gasteiger partial charge on any atom is 0.372 e. The number of nitrogens with one attached hydrogen (secondary N) is 1. The molecule has 6 aromatic rings. The molecule has 1 unspecified atom stereocenters. The van der Waals surface area contributed by atoms with Gasteiger partial charge in [0, 0.05) is 52.6 Å². The molecule has 0 radical (unpaired) electrons. The number of nitrogens with two attached hydrogens (primary N) is 1. The number of fused-ring (bicyclic) bond motifs is 2. The van der Waals surface area contributed by atoms with E-state index in [1.54, 1.807) is 35.9 Å². The van der Waals surface area contributed by atoms with Crippen molar-refractivity contribution < 1.29 is 14.3 Å². The molecule has 7 nitrogen and oxygen atoms in total. The second kappa shape index (κ2) is 9.81. The molecule has 0 saturated carbocycles. The summed E-state index contributed by atoms with van der Waals surface area (Å²) < 4.78 is 15.6. The van der Waals surface area contributed by atoms with Crippen LogP contribution in [0.2, 0.25) is 0 Å². The zero-order valence-corrected chi connectivity index (χ0v) is 21.2. The van der Waals surface area contributed by atoms with Gasteiger partial charge in [0.05, 0.1) is 17.4 Å². The Morgan fingerprint density at radius 1 is 1.05 bits per heavy atom. The fourth-order valence-corrected chi connectivity index (χ4v) is 5.25. The lowest BCUT2D eigenvalue weighted by Crippen LogP contribution is -2.27. The first-order valence-electron chi connectivity index (χ1n) is 12.6. The van der Waals surface area contributed by atoms with E-state index < -0.39 is 5.97 Å². The first-order valence-corrected chi connectivity index (χ1v) is 12.6. The first-order chi connectivity index (χ1) is 18.9. The summed E-state index contributed by atoms with van der Waals surface area (Å²) in [7, 11) is 0. The van der Waals surface area contributed by atoms with Crippen molar-refractivity contribution >= 4 is 22.4 Å². The van der Waals surface area contributed by atoms with Crippen LogP contribution in [0.15, 0.2) is 85.3 Å². The van der Waals surface area contributed by atoms with E-state index in [1.807, 2.05) is 48.7 Å². The Bertz CT molecular complexity index is 1860. The van der Waals surface area contributed by atoms with Gasteiger partial charge in [0.2, 0.25) is 5.82 Å². The Hall–Kier alpha value is -4.82. The van der Waals surface area contributed by atoms with Crippen LogP contribution in [-0.4, -0.2) is 36.5 Å². The molecule has 0 fully saturated rings. The molecule has 4 heterocycles. The molecule has 6 rings (SSSR count). The van der Waals surface area contributed by atoms with Gasteiger partial charge in [0.15, 0.2) is 0 Å². The smallest absolute Gasteiger partial charge is 0.372 e. The van der Waals surface area contributed by atoms with Gasteiger partial charge in [-0.25, -0.2) is 14.2 Å². The van der Waals surface area contributed by atoms with Crippen molar-refractivity contribution in [1.29, 1.82) is 0 Å². The third-order valence-electron chi connectivity index (χ3n) is 7.07. The van der Waals surface area contributed by atoms with Crippen LogP contribution in [0.25, 0.3) is 38.8 Å². The molecule has 0 aliphatic rings. The fourth-order valence-electron chi connectivity index (χ4n) is 5.25. The minimum absolute atomic E-state index is 0.0635. The summed E-state index contributed by atoms with van der Waals surface area (Å²) in [6.45, 7) is 1.72. The number of para-hydroxylation sites is 1. The van der Waals surface area contributed by atoms with E-state index in [0.29, 0.717) is 29.6 Å². The van der Waals surface area contributed by atoms with E-state index in [0.717, 1.165) is 38.9 Å². The van der Waals surface area contributed by atoms with Gasteiger partial charge < -0.3 is 15.8 Å². The number of hydrogen-bond acceptors (Lipinski definition) is 4. The van der Waals surface area contributed by atoms with Crippen molar-refractivity contribution in [1.82, 2.24) is 19.4 Å². The summed E-state index contributed by atoms with van der Waals surface area (Å²) in [6, 6.07) is 20.4. The predicted octanol–water partition coefficient (Wildman–Crippen LogP) is 5.80.